The molecule has 0 spiro atoms. The summed E-state index contributed by atoms with van der Waals surface area (Å²) in [6, 6.07) is 29.2. The number of ether oxygens (including phenoxy) is 2. The van der Waals surface area contributed by atoms with Crippen molar-refractivity contribution in [2.75, 3.05) is 48.3 Å². The quantitative estimate of drug-likeness (QED) is 0.0735. The molecule has 4 aliphatic rings. The van der Waals surface area contributed by atoms with Gasteiger partial charge in [-0.15, -0.1) is 0 Å². The molecule has 3 aliphatic heterocycles. The van der Waals surface area contributed by atoms with Gasteiger partial charge in [0.05, 0.1) is 40.5 Å². The normalized spacial score (nSPS) is 19.2. The van der Waals surface area contributed by atoms with Crippen LogP contribution in [0.15, 0.2) is 91.0 Å². The predicted octanol–water partition coefficient (Wildman–Crippen LogP) is 9.21. The number of amides is 4. The summed E-state index contributed by atoms with van der Waals surface area (Å²) in [6.07, 6.45) is 4.61. The first-order valence-electron chi connectivity index (χ1n) is 25.9. The number of pyridine rings is 1. The fourth-order valence-corrected chi connectivity index (χ4v) is 12.1. The lowest BCUT2D eigenvalue weighted by atomic mass is 9.91. The number of thiazole rings is 1. The maximum atomic E-state index is 14.0. The standard InChI is InChI=1S/C58H61N9O7S/c1-33-27-38(73-32-36-28-44(36)35-21-24-66(25-22-35)31-51(69)59-37-13-15-42-47(29-37)65(5)64-52(42)43-18-20-50(68)62-55(43)71)14-16-39(33)40-17-19-49(61-53(40)56(72)74-58(2,3)4)67-26-23-34-9-8-10-41(45(34)30-67)54(70)63-57-60-46-11-6-7-12-48(46)75-57/h6-17,19,27,29,35-36,43-44H,18,20-26,28,30-32H2,1-5H3,(H,59,69)(H,60,63,70)(H,62,68,71)/t36-,43?,44-/m1/s1. The van der Waals surface area contributed by atoms with Crippen LogP contribution in [0.2, 0.25) is 0 Å². The summed E-state index contributed by atoms with van der Waals surface area (Å²) in [5.74, 6) is 1.19. The van der Waals surface area contributed by atoms with Crippen LogP contribution < -0.4 is 25.6 Å². The second kappa shape index (κ2) is 20.3. The smallest absolute Gasteiger partial charge is 0.358 e. The van der Waals surface area contributed by atoms with Crippen LogP contribution in [0.4, 0.5) is 16.6 Å². The van der Waals surface area contributed by atoms with Crippen molar-refractivity contribution in [3.8, 4) is 16.9 Å². The average Bonchev–Trinajstić information content (AvgIpc) is 3.95. The molecule has 7 aromatic rings. The number of carbonyl (C=O) groups excluding carboxylic acids is 5. The lowest BCUT2D eigenvalue weighted by molar-refractivity contribution is -0.134. The van der Waals surface area contributed by atoms with Crippen LogP contribution in [0.1, 0.15) is 102 Å². The van der Waals surface area contributed by atoms with Gasteiger partial charge in [-0.1, -0.05) is 41.7 Å². The number of nitrogens with one attached hydrogen (secondary N) is 3. The minimum Gasteiger partial charge on any atom is -0.493 e. The third-order valence-corrected chi connectivity index (χ3v) is 16.0. The van der Waals surface area contributed by atoms with Gasteiger partial charge in [0.25, 0.3) is 5.91 Å². The van der Waals surface area contributed by atoms with E-state index in [0.29, 0.717) is 90.3 Å². The Morgan fingerprint density at radius 3 is 2.47 bits per heavy atom. The van der Waals surface area contributed by atoms with Crippen molar-refractivity contribution in [2.24, 2.45) is 24.8 Å². The number of para-hydroxylation sites is 1. The van der Waals surface area contributed by atoms with E-state index in [1.807, 2.05) is 120 Å². The molecule has 16 nitrogen and oxygen atoms in total. The van der Waals surface area contributed by atoms with Crippen LogP contribution in [-0.4, -0.2) is 92.6 Å². The van der Waals surface area contributed by atoms with E-state index in [9.17, 15) is 24.0 Å². The average molecular weight is 1030 g/mol. The molecule has 3 aromatic heterocycles. The first-order valence-corrected chi connectivity index (χ1v) is 26.8. The maximum absolute atomic E-state index is 14.0. The number of nitrogens with zero attached hydrogens (tertiary/aromatic N) is 6. The van der Waals surface area contributed by atoms with Crippen LogP contribution in [0.25, 0.3) is 32.2 Å². The van der Waals surface area contributed by atoms with Gasteiger partial charge in [-0.3, -0.25) is 39.4 Å². The lowest BCUT2D eigenvalue weighted by Gasteiger charge is -2.31. The Labute approximate surface area is 439 Å². The van der Waals surface area contributed by atoms with Crippen LogP contribution in [0.5, 0.6) is 5.75 Å². The highest BCUT2D eigenvalue weighted by atomic mass is 32.1. The number of anilines is 3. The summed E-state index contributed by atoms with van der Waals surface area (Å²) in [4.78, 5) is 79.2. The molecule has 75 heavy (non-hydrogen) atoms. The van der Waals surface area contributed by atoms with Gasteiger partial charge in [-0.2, -0.15) is 5.10 Å². The Morgan fingerprint density at radius 1 is 0.867 bits per heavy atom. The van der Waals surface area contributed by atoms with Crippen molar-refractivity contribution in [1.29, 1.82) is 0 Å². The highest BCUT2D eigenvalue weighted by molar-refractivity contribution is 7.22. The Hall–Kier alpha value is -7.50. The summed E-state index contributed by atoms with van der Waals surface area (Å²) in [6.45, 7) is 11.3. The number of aromatic nitrogens is 4. The molecule has 0 radical (unpaired) electrons. The van der Waals surface area contributed by atoms with E-state index in [2.05, 4.69) is 41.9 Å². The molecular formula is C58H61N9O7S. The monoisotopic (exact) mass is 1030 g/mol. The van der Waals surface area contributed by atoms with Gasteiger partial charge in [0.15, 0.2) is 10.8 Å². The molecule has 386 valence electrons. The second-order valence-corrected chi connectivity index (χ2v) is 22.5. The summed E-state index contributed by atoms with van der Waals surface area (Å²) in [5.41, 5.74) is 7.53. The van der Waals surface area contributed by atoms with Gasteiger partial charge in [0.2, 0.25) is 17.7 Å². The summed E-state index contributed by atoms with van der Waals surface area (Å²) in [7, 11) is 1.82. The van der Waals surface area contributed by atoms with Crippen LogP contribution in [0, 0.1) is 24.7 Å². The molecule has 1 saturated carbocycles. The molecule has 4 amide bonds. The second-order valence-electron chi connectivity index (χ2n) is 21.5. The molecule has 3 N–H and O–H groups in total. The topological polar surface area (TPSA) is 190 Å². The number of likely N-dealkylation sites (tertiary alicyclic amines) is 1. The van der Waals surface area contributed by atoms with E-state index in [1.165, 1.54) is 11.3 Å². The number of imide groups is 1. The van der Waals surface area contributed by atoms with E-state index in [4.69, 9.17) is 14.5 Å². The molecule has 3 atom stereocenters. The molecule has 17 heteroatoms. The fraction of sp³-hybridized carbons (Fsp3) is 0.379. The number of fused-ring (bicyclic) bond motifs is 3. The van der Waals surface area contributed by atoms with Gasteiger partial charge < -0.3 is 19.7 Å². The van der Waals surface area contributed by atoms with E-state index in [1.54, 1.807) is 4.68 Å². The van der Waals surface area contributed by atoms with Crippen molar-refractivity contribution >= 4 is 78.7 Å². The van der Waals surface area contributed by atoms with E-state index < -0.39 is 17.5 Å². The molecule has 1 unspecified atom stereocenters. The number of carbonyl (C=O) groups is 5. The van der Waals surface area contributed by atoms with E-state index >= 15 is 0 Å². The first-order chi connectivity index (χ1) is 36.1. The predicted molar refractivity (Wildman–Crippen MR) is 289 cm³/mol. The van der Waals surface area contributed by atoms with Gasteiger partial charge in [0, 0.05) is 48.8 Å². The zero-order valence-corrected chi connectivity index (χ0v) is 43.7. The van der Waals surface area contributed by atoms with Crippen molar-refractivity contribution in [2.45, 2.75) is 84.3 Å². The molecule has 4 aromatic carbocycles. The number of esters is 1. The third-order valence-electron chi connectivity index (χ3n) is 15.1. The highest BCUT2D eigenvalue weighted by Gasteiger charge is 2.44. The van der Waals surface area contributed by atoms with Crippen molar-refractivity contribution in [3.63, 3.8) is 0 Å². The molecule has 1 aliphatic carbocycles. The number of piperidine rings is 2. The summed E-state index contributed by atoms with van der Waals surface area (Å²) >= 11 is 1.44. The molecule has 6 heterocycles. The molecule has 11 rings (SSSR count). The third kappa shape index (κ3) is 10.7. The molecule has 0 bridgehead atoms. The SMILES string of the molecule is Cc1cc(OC[C@H]2C[C@@H]2C2CCN(CC(=O)Nc3ccc4c(C5CCC(=O)NC5=O)nn(C)c4c3)CC2)ccc1-c1ccc(N2CCc3cccc(C(=O)Nc4nc5ccccc5s4)c3C2)nc1C(=O)OC(C)(C)C. The zero-order chi connectivity index (χ0) is 52.1. The van der Waals surface area contributed by atoms with Gasteiger partial charge in [-0.05, 0) is 174 Å². The number of benzene rings is 4. The molecule has 3 fully saturated rings. The largest absolute Gasteiger partial charge is 0.493 e. The Balaban J connectivity index is 0.691. The Kier molecular flexibility index (Phi) is 13.5. The molecule has 2 saturated heterocycles. The number of hydrogen-bond acceptors (Lipinski definition) is 13. The zero-order valence-electron chi connectivity index (χ0n) is 42.9. The number of aryl methyl sites for hydroxylation is 2. The van der Waals surface area contributed by atoms with Crippen molar-refractivity contribution in [1.82, 2.24) is 30.0 Å². The van der Waals surface area contributed by atoms with Gasteiger partial charge >= 0.3 is 5.97 Å². The minimum atomic E-state index is -0.739. The van der Waals surface area contributed by atoms with Gasteiger partial charge in [0.1, 0.15) is 17.2 Å². The summed E-state index contributed by atoms with van der Waals surface area (Å²) in [5, 5.41) is 14.5. The molecular weight excluding hydrogens is 967 g/mol. The maximum Gasteiger partial charge on any atom is 0.358 e. The van der Waals surface area contributed by atoms with Crippen LogP contribution >= 0.6 is 11.3 Å². The lowest BCUT2D eigenvalue weighted by Crippen LogP contribution is -2.39. The van der Waals surface area contributed by atoms with Crippen LogP contribution in [0.3, 0.4) is 0 Å². The number of rotatable bonds is 13. The minimum absolute atomic E-state index is 0.0716. The highest BCUT2D eigenvalue weighted by Crippen LogP contribution is 2.48. The van der Waals surface area contributed by atoms with Crippen molar-refractivity contribution in [3.05, 3.63) is 125 Å². The van der Waals surface area contributed by atoms with E-state index in [0.717, 1.165) is 81.5 Å². The summed E-state index contributed by atoms with van der Waals surface area (Å²) < 4.78 is 15.1. The first kappa shape index (κ1) is 49.7. The fourth-order valence-electron chi connectivity index (χ4n) is 11.2. The van der Waals surface area contributed by atoms with Crippen molar-refractivity contribution < 1.29 is 33.4 Å². The number of hydrogen-bond donors (Lipinski definition) is 3. The van der Waals surface area contributed by atoms with E-state index in [-0.39, 0.29) is 35.7 Å². The van der Waals surface area contributed by atoms with Crippen LogP contribution in [-0.2, 0) is 39.1 Å². The Morgan fingerprint density at radius 2 is 1.68 bits per heavy atom. The van der Waals surface area contributed by atoms with Gasteiger partial charge in [-0.25, -0.2) is 14.8 Å². The Bertz CT molecular complexity index is 3370.